The third-order valence-electron chi connectivity index (χ3n) is 5.09. The predicted molar refractivity (Wildman–Crippen MR) is 90.4 cm³/mol. The van der Waals surface area contributed by atoms with Gasteiger partial charge in [0.2, 0.25) is 0 Å². The van der Waals surface area contributed by atoms with Crippen molar-refractivity contribution in [1.29, 1.82) is 0 Å². The van der Waals surface area contributed by atoms with Crippen LogP contribution in [0.15, 0.2) is 42.1 Å². The van der Waals surface area contributed by atoms with Crippen molar-refractivity contribution >= 4 is 11.7 Å². The minimum atomic E-state index is -0.611. The lowest BCUT2D eigenvalue weighted by atomic mass is 9.89. The fraction of sp³-hybridized carbons (Fsp3) is 0.368. The molecule has 6 heteroatoms. The van der Waals surface area contributed by atoms with E-state index in [0.717, 1.165) is 43.7 Å². The number of carbonyl (C=O) groups is 2. The Kier molecular flexibility index (Phi) is 3.94. The number of hydrogen-bond acceptors (Lipinski definition) is 5. The van der Waals surface area contributed by atoms with Gasteiger partial charge in [0.25, 0.3) is 5.91 Å². The van der Waals surface area contributed by atoms with Gasteiger partial charge in [-0.25, -0.2) is 0 Å². The fourth-order valence-electron chi connectivity index (χ4n) is 3.63. The summed E-state index contributed by atoms with van der Waals surface area (Å²) >= 11 is 0. The minimum absolute atomic E-state index is 0.00236. The van der Waals surface area contributed by atoms with E-state index in [-0.39, 0.29) is 23.5 Å². The molecule has 2 heterocycles. The average molecular weight is 340 g/mol. The molecular formula is C19H20N2O4. The van der Waals surface area contributed by atoms with Crippen LogP contribution >= 0.6 is 0 Å². The molecule has 1 spiro atoms. The van der Waals surface area contributed by atoms with Gasteiger partial charge < -0.3 is 10.1 Å². The van der Waals surface area contributed by atoms with Gasteiger partial charge in [-0.1, -0.05) is 12.2 Å². The van der Waals surface area contributed by atoms with E-state index in [4.69, 9.17) is 4.74 Å². The number of hydrogen-bond donors (Lipinski definition) is 2. The van der Waals surface area contributed by atoms with Crippen LogP contribution in [0.2, 0.25) is 0 Å². The Hall–Kier alpha value is -2.44. The first kappa shape index (κ1) is 16.1. The number of benzene rings is 1. The summed E-state index contributed by atoms with van der Waals surface area (Å²) in [7, 11) is 0. The van der Waals surface area contributed by atoms with E-state index in [1.807, 2.05) is 0 Å². The third kappa shape index (κ3) is 2.88. The SMILES string of the molecule is O=C1CC=CC=C1N(O)C(=O)c1ccc2c(c1)CCC1(CCNC1)O2. The molecule has 1 unspecified atom stereocenters. The molecule has 1 fully saturated rings. The molecule has 1 atom stereocenters. The molecule has 2 N–H and O–H groups in total. The number of nitrogens with one attached hydrogen (secondary N) is 1. The number of aryl methyl sites for hydroxylation is 1. The second kappa shape index (κ2) is 6.13. The number of carbonyl (C=O) groups excluding carboxylic acids is 2. The van der Waals surface area contributed by atoms with Crippen LogP contribution in [-0.2, 0) is 11.2 Å². The van der Waals surface area contributed by atoms with Gasteiger partial charge in [0.05, 0.1) is 0 Å². The summed E-state index contributed by atoms with van der Waals surface area (Å²) in [6.07, 6.45) is 7.70. The lowest BCUT2D eigenvalue weighted by Crippen LogP contribution is -2.41. The zero-order valence-corrected chi connectivity index (χ0v) is 13.8. The van der Waals surface area contributed by atoms with Crippen molar-refractivity contribution in [3.63, 3.8) is 0 Å². The van der Waals surface area contributed by atoms with Crippen LogP contribution in [0.4, 0.5) is 0 Å². The first-order valence-corrected chi connectivity index (χ1v) is 8.54. The number of Topliss-reactive ketones (excluding diaryl/α,β-unsaturated/α-hetero) is 1. The Balaban J connectivity index is 1.56. The zero-order valence-electron chi connectivity index (χ0n) is 13.8. The molecule has 0 radical (unpaired) electrons. The van der Waals surface area contributed by atoms with E-state index in [0.29, 0.717) is 10.6 Å². The highest BCUT2D eigenvalue weighted by Gasteiger charge is 2.39. The standard InChI is InChI=1S/C19H20N2O4/c22-16-4-2-1-3-15(16)21(24)18(23)14-5-6-17-13(11-14)7-8-19(25-17)9-10-20-12-19/h1-3,5-6,11,20,24H,4,7-10,12H2. The van der Waals surface area contributed by atoms with Crippen LogP contribution in [0.1, 0.15) is 35.2 Å². The summed E-state index contributed by atoms with van der Waals surface area (Å²) in [6.45, 7) is 1.81. The number of nitrogens with zero attached hydrogens (tertiary/aromatic N) is 1. The van der Waals surface area contributed by atoms with Gasteiger partial charge in [-0.05, 0) is 49.2 Å². The van der Waals surface area contributed by atoms with Gasteiger partial charge in [-0.2, -0.15) is 5.06 Å². The van der Waals surface area contributed by atoms with Gasteiger partial charge in [-0.15, -0.1) is 0 Å². The van der Waals surface area contributed by atoms with Crippen LogP contribution in [0.25, 0.3) is 0 Å². The predicted octanol–water partition coefficient (Wildman–Crippen LogP) is 1.99. The molecule has 3 aliphatic rings. The average Bonchev–Trinajstić information content (AvgIpc) is 3.08. The first-order valence-electron chi connectivity index (χ1n) is 8.54. The molecule has 1 aliphatic carbocycles. The van der Waals surface area contributed by atoms with Crippen molar-refractivity contribution in [2.45, 2.75) is 31.3 Å². The monoisotopic (exact) mass is 340 g/mol. The molecule has 25 heavy (non-hydrogen) atoms. The Morgan fingerprint density at radius 3 is 2.96 bits per heavy atom. The fourth-order valence-corrected chi connectivity index (χ4v) is 3.63. The highest BCUT2D eigenvalue weighted by molar-refractivity contribution is 6.04. The van der Waals surface area contributed by atoms with Crippen molar-refractivity contribution < 1.29 is 19.5 Å². The van der Waals surface area contributed by atoms with E-state index >= 15 is 0 Å². The summed E-state index contributed by atoms with van der Waals surface area (Å²) in [5, 5.41) is 13.9. The molecule has 0 saturated carbocycles. The van der Waals surface area contributed by atoms with Crippen molar-refractivity contribution in [3.8, 4) is 5.75 Å². The van der Waals surface area contributed by atoms with Gasteiger partial charge in [0.1, 0.15) is 17.0 Å². The quantitative estimate of drug-likeness (QED) is 0.636. The molecule has 0 bridgehead atoms. The molecule has 6 nitrogen and oxygen atoms in total. The number of amides is 1. The maximum atomic E-state index is 12.5. The molecule has 1 aromatic rings. The number of ether oxygens (including phenoxy) is 1. The summed E-state index contributed by atoms with van der Waals surface area (Å²) < 4.78 is 6.18. The Morgan fingerprint density at radius 1 is 1.32 bits per heavy atom. The number of ketones is 1. The highest BCUT2D eigenvalue weighted by atomic mass is 16.5. The second-order valence-electron chi connectivity index (χ2n) is 6.76. The summed E-state index contributed by atoms with van der Waals surface area (Å²) in [6, 6.07) is 5.17. The number of allylic oxidation sites excluding steroid dienone is 4. The Labute approximate surface area is 145 Å². The van der Waals surface area contributed by atoms with E-state index < -0.39 is 5.91 Å². The van der Waals surface area contributed by atoms with Crippen molar-refractivity contribution in [2.24, 2.45) is 0 Å². The smallest absolute Gasteiger partial charge is 0.282 e. The van der Waals surface area contributed by atoms with E-state index in [2.05, 4.69) is 5.32 Å². The third-order valence-corrected chi connectivity index (χ3v) is 5.09. The van der Waals surface area contributed by atoms with Gasteiger partial charge >= 0.3 is 0 Å². The topological polar surface area (TPSA) is 78.9 Å². The van der Waals surface area contributed by atoms with E-state index in [1.54, 1.807) is 30.4 Å². The number of rotatable bonds is 2. The lowest BCUT2D eigenvalue weighted by Gasteiger charge is -2.35. The van der Waals surface area contributed by atoms with Crippen molar-refractivity contribution in [1.82, 2.24) is 10.4 Å². The van der Waals surface area contributed by atoms with Gasteiger partial charge in [-0.3, -0.25) is 14.8 Å². The molecule has 0 aromatic heterocycles. The van der Waals surface area contributed by atoms with E-state index in [9.17, 15) is 14.8 Å². The highest BCUT2D eigenvalue weighted by Crippen LogP contribution is 2.37. The lowest BCUT2D eigenvalue weighted by molar-refractivity contribution is -0.120. The second-order valence-corrected chi connectivity index (χ2v) is 6.76. The molecule has 4 rings (SSSR count). The normalized spacial score (nSPS) is 24.7. The Bertz CT molecular complexity index is 791. The van der Waals surface area contributed by atoms with Crippen molar-refractivity contribution in [2.75, 3.05) is 13.1 Å². The largest absolute Gasteiger partial charge is 0.486 e. The molecule has 1 saturated heterocycles. The van der Waals surface area contributed by atoms with E-state index in [1.165, 1.54) is 6.08 Å². The van der Waals surface area contributed by atoms with Crippen LogP contribution < -0.4 is 10.1 Å². The summed E-state index contributed by atoms with van der Waals surface area (Å²) in [5.41, 5.74) is 1.17. The van der Waals surface area contributed by atoms with Crippen LogP contribution in [0, 0.1) is 0 Å². The summed E-state index contributed by atoms with van der Waals surface area (Å²) in [4.78, 5) is 24.4. The van der Waals surface area contributed by atoms with Crippen LogP contribution in [-0.4, -0.2) is 40.7 Å². The molecule has 1 amide bonds. The molecule has 1 aromatic carbocycles. The molecular weight excluding hydrogens is 320 g/mol. The van der Waals surface area contributed by atoms with Crippen LogP contribution in [0.3, 0.4) is 0 Å². The van der Waals surface area contributed by atoms with Gasteiger partial charge in [0.15, 0.2) is 5.78 Å². The minimum Gasteiger partial charge on any atom is -0.486 e. The molecule has 130 valence electrons. The number of fused-ring (bicyclic) bond motifs is 1. The van der Waals surface area contributed by atoms with Gasteiger partial charge in [0, 0.05) is 24.9 Å². The van der Waals surface area contributed by atoms with Crippen LogP contribution in [0.5, 0.6) is 5.75 Å². The maximum absolute atomic E-state index is 12.5. The Morgan fingerprint density at radius 2 is 2.20 bits per heavy atom. The zero-order chi connectivity index (χ0) is 17.4. The number of hydroxylamine groups is 2. The summed E-state index contributed by atoms with van der Waals surface area (Å²) in [5.74, 6) is -0.0947. The molecule has 2 aliphatic heterocycles. The maximum Gasteiger partial charge on any atom is 0.282 e. The van der Waals surface area contributed by atoms with Crippen molar-refractivity contribution in [3.05, 3.63) is 53.3 Å². The first-order chi connectivity index (χ1) is 12.1.